The number of aliphatic hydroxyl groups is 1. The summed E-state index contributed by atoms with van der Waals surface area (Å²) in [6.45, 7) is 3.86. The van der Waals surface area contributed by atoms with Gasteiger partial charge in [-0.3, -0.25) is 9.78 Å². The van der Waals surface area contributed by atoms with E-state index in [9.17, 15) is 9.90 Å². The Labute approximate surface area is 120 Å². The molecule has 20 heavy (non-hydrogen) atoms. The van der Waals surface area contributed by atoms with Crippen molar-refractivity contribution in [2.75, 3.05) is 33.7 Å². The fourth-order valence-electron chi connectivity index (χ4n) is 2.73. The minimum atomic E-state index is -0.447. The van der Waals surface area contributed by atoms with Crippen LogP contribution in [0.1, 0.15) is 22.3 Å². The summed E-state index contributed by atoms with van der Waals surface area (Å²) in [6, 6.07) is 1.75. The van der Waals surface area contributed by atoms with Crippen molar-refractivity contribution >= 4 is 5.91 Å². The molecule has 0 unspecified atom stereocenters. The molecule has 1 aromatic rings. The van der Waals surface area contributed by atoms with Crippen LogP contribution in [0, 0.1) is 12.8 Å². The molecule has 0 aromatic carbocycles. The fourth-order valence-corrected chi connectivity index (χ4v) is 2.73. The zero-order valence-electron chi connectivity index (χ0n) is 12.4. The van der Waals surface area contributed by atoms with E-state index in [1.165, 1.54) is 0 Å². The third-order valence-corrected chi connectivity index (χ3v) is 3.86. The molecule has 2 atom stereocenters. The van der Waals surface area contributed by atoms with Crippen molar-refractivity contribution in [1.82, 2.24) is 14.8 Å². The number of nitrogens with zero attached hydrogens (tertiary/aromatic N) is 3. The molecule has 0 saturated carbocycles. The highest BCUT2D eigenvalue weighted by Gasteiger charge is 2.31. The molecule has 0 spiro atoms. The first-order valence-corrected chi connectivity index (χ1v) is 7.01. The minimum absolute atomic E-state index is 0.00717. The molecule has 2 heterocycles. The van der Waals surface area contributed by atoms with Crippen molar-refractivity contribution in [3.63, 3.8) is 0 Å². The number of β-amino-alcohol motifs (C(OH)–C–C–N with tert-alkyl or cyclic N) is 1. The van der Waals surface area contributed by atoms with Crippen LogP contribution in [0.5, 0.6) is 0 Å². The van der Waals surface area contributed by atoms with Gasteiger partial charge in [-0.1, -0.05) is 0 Å². The highest BCUT2D eigenvalue weighted by atomic mass is 16.3. The molecular weight excluding hydrogens is 254 g/mol. The third-order valence-electron chi connectivity index (χ3n) is 3.86. The van der Waals surface area contributed by atoms with Gasteiger partial charge in [-0.05, 0) is 39.1 Å². The van der Waals surface area contributed by atoms with Crippen LogP contribution in [0.15, 0.2) is 18.5 Å². The lowest BCUT2D eigenvalue weighted by Gasteiger charge is -2.37. The van der Waals surface area contributed by atoms with Crippen molar-refractivity contribution < 1.29 is 9.90 Å². The Morgan fingerprint density at radius 3 is 2.90 bits per heavy atom. The van der Waals surface area contributed by atoms with Crippen molar-refractivity contribution in [3.8, 4) is 0 Å². The van der Waals surface area contributed by atoms with Gasteiger partial charge in [0.05, 0.1) is 6.10 Å². The second-order valence-electron chi connectivity index (χ2n) is 5.82. The van der Waals surface area contributed by atoms with Crippen molar-refractivity contribution in [3.05, 3.63) is 29.6 Å². The van der Waals surface area contributed by atoms with E-state index in [4.69, 9.17) is 0 Å². The molecule has 1 aromatic heterocycles. The van der Waals surface area contributed by atoms with Crippen LogP contribution in [0.4, 0.5) is 0 Å². The number of piperidine rings is 1. The van der Waals surface area contributed by atoms with Crippen LogP contribution in [0.3, 0.4) is 0 Å². The van der Waals surface area contributed by atoms with E-state index in [1.807, 2.05) is 21.0 Å². The lowest BCUT2D eigenvalue weighted by molar-refractivity contribution is 0.0124. The molecule has 1 N–H and O–H groups in total. The summed E-state index contributed by atoms with van der Waals surface area (Å²) >= 11 is 0. The number of hydrogen-bond donors (Lipinski definition) is 1. The van der Waals surface area contributed by atoms with Crippen molar-refractivity contribution in [2.45, 2.75) is 19.4 Å². The molecule has 5 heteroatoms. The van der Waals surface area contributed by atoms with Crippen LogP contribution in [-0.4, -0.2) is 65.6 Å². The Kier molecular flexibility index (Phi) is 4.73. The monoisotopic (exact) mass is 277 g/mol. The fraction of sp³-hybridized carbons (Fsp3) is 0.600. The molecule has 1 fully saturated rings. The molecule has 0 bridgehead atoms. The van der Waals surface area contributed by atoms with E-state index in [1.54, 1.807) is 23.4 Å². The maximum Gasteiger partial charge on any atom is 0.254 e. The normalized spacial score (nSPS) is 23.1. The molecular formula is C15H23N3O2. The second kappa shape index (κ2) is 6.33. The van der Waals surface area contributed by atoms with Gasteiger partial charge in [-0.15, -0.1) is 0 Å². The topological polar surface area (TPSA) is 56.7 Å². The lowest BCUT2D eigenvalue weighted by Crippen LogP contribution is -2.49. The Morgan fingerprint density at radius 2 is 2.30 bits per heavy atom. The van der Waals surface area contributed by atoms with Gasteiger partial charge in [0, 0.05) is 43.5 Å². The summed E-state index contributed by atoms with van der Waals surface area (Å²) in [5.74, 6) is 0.236. The third kappa shape index (κ3) is 3.35. The van der Waals surface area contributed by atoms with Crippen LogP contribution < -0.4 is 0 Å². The number of pyridine rings is 1. The molecule has 2 rings (SSSR count). The standard InChI is InChI=1S/C15H23N3O2/c1-11-8-16-6-4-13(11)15(20)18-7-5-12(9-17(2)3)14(19)10-18/h4,6,8,12,14,19H,5,7,9-10H2,1-3H3/t12-,14+/m0/s1. The first-order valence-electron chi connectivity index (χ1n) is 7.01. The smallest absolute Gasteiger partial charge is 0.254 e. The SMILES string of the molecule is Cc1cnccc1C(=O)N1CC[C@@H](CN(C)C)[C@H](O)C1. The predicted molar refractivity (Wildman–Crippen MR) is 77.5 cm³/mol. The molecule has 5 nitrogen and oxygen atoms in total. The summed E-state index contributed by atoms with van der Waals surface area (Å²) < 4.78 is 0. The molecule has 0 aliphatic carbocycles. The second-order valence-corrected chi connectivity index (χ2v) is 5.82. The summed E-state index contributed by atoms with van der Waals surface area (Å²) in [7, 11) is 4.01. The number of carbonyl (C=O) groups excluding carboxylic acids is 1. The number of aliphatic hydroxyl groups excluding tert-OH is 1. The summed E-state index contributed by atoms with van der Waals surface area (Å²) in [6.07, 6.45) is 3.73. The molecule has 1 saturated heterocycles. The zero-order valence-corrected chi connectivity index (χ0v) is 12.4. The van der Waals surface area contributed by atoms with Crippen LogP contribution in [-0.2, 0) is 0 Å². The van der Waals surface area contributed by atoms with E-state index >= 15 is 0 Å². The number of hydrogen-bond acceptors (Lipinski definition) is 4. The molecule has 110 valence electrons. The Hall–Kier alpha value is -1.46. The quantitative estimate of drug-likeness (QED) is 0.887. The number of carbonyl (C=O) groups is 1. The number of amides is 1. The van der Waals surface area contributed by atoms with Gasteiger partial charge in [0.2, 0.25) is 0 Å². The minimum Gasteiger partial charge on any atom is -0.391 e. The maximum absolute atomic E-state index is 12.5. The summed E-state index contributed by atoms with van der Waals surface area (Å²) in [5.41, 5.74) is 1.56. The van der Waals surface area contributed by atoms with Gasteiger partial charge in [-0.25, -0.2) is 0 Å². The van der Waals surface area contributed by atoms with E-state index in [-0.39, 0.29) is 11.8 Å². The van der Waals surface area contributed by atoms with Gasteiger partial charge in [-0.2, -0.15) is 0 Å². The maximum atomic E-state index is 12.5. The molecule has 1 amide bonds. The van der Waals surface area contributed by atoms with E-state index in [0.29, 0.717) is 18.7 Å². The Morgan fingerprint density at radius 1 is 1.55 bits per heavy atom. The zero-order chi connectivity index (χ0) is 14.7. The van der Waals surface area contributed by atoms with Crippen LogP contribution in [0.25, 0.3) is 0 Å². The van der Waals surface area contributed by atoms with Crippen molar-refractivity contribution in [1.29, 1.82) is 0 Å². The first kappa shape index (κ1) is 14.9. The Bertz CT molecular complexity index is 476. The number of aromatic nitrogens is 1. The van der Waals surface area contributed by atoms with E-state index in [0.717, 1.165) is 18.5 Å². The summed E-state index contributed by atoms with van der Waals surface area (Å²) in [4.78, 5) is 20.3. The van der Waals surface area contributed by atoms with Gasteiger partial charge < -0.3 is 14.9 Å². The van der Waals surface area contributed by atoms with E-state index < -0.39 is 6.10 Å². The van der Waals surface area contributed by atoms with Gasteiger partial charge in [0.15, 0.2) is 0 Å². The number of aryl methyl sites for hydroxylation is 1. The molecule has 0 radical (unpaired) electrons. The largest absolute Gasteiger partial charge is 0.391 e. The highest BCUT2D eigenvalue weighted by Crippen LogP contribution is 2.21. The number of likely N-dealkylation sites (tertiary alicyclic amines) is 1. The average molecular weight is 277 g/mol. The molecule has 1 aliphatic heterocycles. The van der Waals surface area contributed by atoms with Gasteiger partial charge in [0.1, 0.15) is 0 Å². The van der Waals surface area contributed by atoms with Crippen molar-refractivity contribution in [2.24, 2.45) is 5.92 Å². The molecule has 1 aliphatic rings. The first-order chi connectivity index (χ1) is 9.49. The van der Waals surface area contributed by atoms with Gasteiger partial charge in [0.25, 0.3) is 5.91 Å². The highest BCUT2D eigenvalue weighted by molar-refractivity contribution is 5.95. The van der Waals surface area contributed by atoms with Crippen LogP contribution >= 0.6 is 0 Å². The lowest BCUT2D eigenvalue weighted by atomic mass is 9.93. The van der Waals surface area contributed by atoms with Gasteiger partial charge >= 0.3 is 0 Å². The average Bonchev–Trinajstić information content (AvgIpc) is 2.40. The Balaban J connectivity index is 2.02. The summed E-state index contributed by atoms with van der Waals surface area (Å²) in [5, 5.41) is 10.2. The van der Waals surface area contributed by atoms with Crippen LogP contribution in [0.2, 0.25) is 0 Å². The number of rotatable bonds is 3. The predicted octanol–water partition coefficient (Wildman–Crippen LogP) is 0.775. The van der Waals surface area contributed by atoms with E-state index in [2.05, 4.69) is 9.88 Å².